The number of H-pyrrole nitrogens is 2. The van der Waals surface area contributed by atoms with Gasteiger partial charge in [0, 0.05) is 11.7 Å². The lowest BCUT2D eigenvalue weighted by molar-refractivity contribution is 0.395. The molecule has 0 aromatic carbocycles. The van der Waals surface area contributed by atoms with Crippen LogP contribution in [0.2, 0.25) is 0 Å². The van der Waals surface area contributed by atoms with Gasteiger partial charge in [0.1, 0.15) is 0 Å². The van der Waals surface area contributed by atoms with Crippen LogP contribution < -0.4 is 0 Å². The molecule has 0 saturated heterocycles. The summed E-state index contributed by atoms with van der Waals surface area (Å²) in [5, 5.41) is 13.7. The largest absolute Gasteiger partial charge is 0.295 e. The van der Waals surface area contributed by atoms with Crippen molar-refractivity contribution in [2.75, 3.05) is 0 Å². The van der Waals surface area contributed by atoms with Gasteiger partial charge in [-0.3, -0.25) is 14.8 Å². The molecule has 0 unspecified atom stereocenters. The fourth-order valence-corrected chi connectivity index (χ4v) is 1.89. The molecule has 0 atom stereocenters. The number of nitrogens with zero attached hydrogens (tertiary/aromatic N) is 3. The van der Waals surface area contributed by atoms with Crippen molar-refractivity contribution in [2.24, 2.45) is 0 Å². The van der Waals surface area contributed by atoms with Crippen LogP contribution in [-0.2, 0) is 5.54 Å². The first-order chi connectivity index (χ1) is 7.00. The summed E-state index contributed by atoms with van der Waals surface area (Å²) in [6.07, 6.45) is 3.53. The van der Waals surface area contributed by atoms with Crippen LogP contribution in [-0.4, -0.2) is 25.0 Å². The van der Waals surface area contributed by atoms with E-state index in [1.807, 2.05) is 4.57 Å². The average Bonchev–Trinajstić information content (AvgIpc) is 2.68. The van der Waals surface area contributed by atoms with Gasteiger partial charge in [-0.2, -0.15) is 10.2 Å². The molecular formula is C9H13N5S. The van der Waals surface area contributed by atoms with Gasteiger partial charge in [-0.25, -0.2) is 0 Å². The van der Waals surface area contributed by atoms with Crippen LogP contribution in [0.15, 0.2) is 12.4 Å². The minimum Gasteiger partial charge on any atom is -0.295 e. The van der Waals surface area contributed by atoms with E-state index in [1.54, 1.807) is 12.4 Å². The third-order valence-electron chi connectivity index (χ3n) is 2.10. The molecule has 2 N–H and O–H groups in total. The highest BCUT2D eigenvalue weighted by atomic mass is 32.1. The smallest absolute Gasteiger partial charge is 0.195 e. The van der Waals surface area contributed by atoms with Crippen LogP contribution in [0, 0.1) is 4.77 Å². The summed E-state index contributed by atoms with van der Waals surface area (Å²) < 4.78 is 2.60. The summed E-state index contributed by atoms with van der Waals surface area (Å²) >= 11 is 5.21. The normalized spacial score (nSPS) is 11.9. The second kappa shape index (κ2) is 3.30. The van der Waals surface area contributed by atoms with E-state index in [2.05, 4.69) is 41.2 Å². The second-order valence-corrected chi connectivity index (χ2v) is 4.73. The Hall–Kier alpha value is -1.43. The van der Waals surface area contributed by atoms with Crippen molar-refractivity contribution in [2.45, 2.75) is 26.3 Å². The zero-order chi connectivity index (χ0) is 11.1. The standard InChI is InChI=1S/C9H13N5S/c1-9(2,3)14-7(12-13-8(14)15)6-4-10-11-5-6/h4-5H,1-3H3,(H,10,11)(H,13,15). The summed E-state index contributed by atoms with van der Waals surface area (Å²) in [5.41, 5.74) is 0.828. The molecule has 2 rings (SSSR count). The van der Waals surface area contributed by atoms with Gasteiger partial charge >= 0.3 is 0 Å². The first-order valence-corrected chi connectivity index (χ1v) is 5.08. The number of hydrogen-bond acceptors (Lipinski definition) is 3. The Morgan fingerprint density at radius 1 is 1.40 bits per heavy atom. The maximum absolute atomic E-state index is 5.21. The van der Waals surface area contributed by atoms with Crippen LogP contribution in [0.3, 0.4) is 0 Å². The quantitative estimate of drug-likeness (QED) is 0.728. The molecule has 0 bridgehead atoms. The topological polar surface area (TPSA) is 62.3 Å². The maximum Gasteiger partial charge on any atom is 0.195 e. The molecule has 15 heavy (non-hydrogen) atoms. The van der Waals surface area contributed by atoms with Crippen LogP contribution >= 0.6 is 12.2 Å². The molecule has 0 saturated carbocycles. The van der Waals surface area contributed by atoms with Crippen LogP contribution in [0.1, 0.15) is 20.8 Å². The van der Waals surface area contributed by atoms with Crippen molar-refractivity contribution in [1.82, 2.24) is 25.0 Å². The van der Waals surface area contributed by atoms with Gasteiger partial charge in [0.15, 0.2) is 10.6 Å². The summed E-state index contributed by atoms with van der Waals surface area (Å²) in [5.74, 6) is 0.807. The molecular weight excluding hydrogens is 210 g/mol. The lowest BCUT2D eigenvalue weighted by Gasteiger charge is -2.21. The number of nitrogens with one attached hydrogen (secondary N) is 2. The summed E-state index contributed by atoms with van der Waals surface area (Å²) in [6.45, 7) is 6.26. The molecule has 0 spiro atoms. The minimum absolute atomic E-state index is 0.101. The molecule has 0 aliphatic rings. The Bertz CT molecular complexity index is 499. The fourth-order valence-electron chi connectivity index (χ4n) is 1.49. The van der Waals surface area contributed by atoms with Gasteiger partial charge in [0.25, 0.3) is 0 Å². The van der Waals surface area contributed by atoms with Crippen molar-refractivity contribution in [1.29, 1.82) is 0 Å². The average molecular weight is 223 g/mol. The van der Waals surface area contributed by atoms with E-state index in [0.717, 1.165) is 11.4 Å². The molecule has 5 nitrogen and oxygen atoms in total. The van der Waals surface area contributed by atoms with Gasteiger partial charge in [-0.1, -0.05) is 0 Å². The molecule has 2 heterocycles. The molecule has 6 heteroatoms. The maximum atomic E-state index is 5.21. The Morgan fingerprint density at radius 2 is 2.13 bits per heavy atom. The van der Waals surface area contributed by atoms with Crippen molar-refractivity contribution in [3.8, 4) is 11.4 Å². The number of hydrogen-bond donors (Lipinski definition) is 2. The monoisotopic (exact) mass is 223 g/mol. The lowest BCUT2D eigenvalue weighted by atomic mass is 10.1. The van der Waals surface area contributed by atoms with E-state index in [4.69, 9.17) is 12.2 Å². The highest BCUT2D eigenvalue weighted by Crippen LogP contribution is 2.23. The Balaban J connectivity index is 2.65. The zero-order valence-electron chi connectivity index (χ0n) is 8.90. The summed E-state index contributed by atoms with van der Waals surface area (Å²) in [7, 11) is 0. The van der Waals surface area contributed by atoms with Crippen molar-refractivity contribution >= 4 is 12.2 Å². The Kier molecular flexibility index (Phi) is 2.22. The van der Waals surface area contributed by atoms with E-state index >= 15 is 0 Å². The first kappa shape index (κ1) is 10.1. The lowest BCUT2D eigenvalue weighted by Crippen LogP contribution is -2.22. The second-order valence-electron chi connectivity index (χ2n) is 4.35. The Morgan fingerprint density at radius 3 is 2.67 bits per heavy atom. The third kappa shape index (κ3) is 1.72. The molecule has 0 amide bonds. The first-order valence-electron chi connectivity index (χ1n) is 4.67. The predicted octanol–water partition coefficient (Wildman–Crippen LogP) is 2.09. The van der Waals surface area contributed by atoms with Gasteiger partial charge in [0.2, 0.25) is 0 Å². The van der Waals surface area contributed by atoms with E-state index in [0.29, 0.717) is 4.77 Å². The number of aromatic nitrogens is 5. The molecule has 0 fully saturated rings. The molecule has 80 valence electrons. The molecule has 0 aliphatic heterocycles. The fraction of sp³-hybridized carbons (Fsp3) is 0.444. The molecule has 0 aliphatic carbocycles. The molecule has 2 aromatic heterocycles. The van der Waals surface area contributed by atoms with Crippen molar-refractivity contribution in [3.05, 3.63) is 17.2 Å². The zero-order valence-corrected chi connectivity index (χ0v) is 9.72. The van der Waals surface area contributed by atoms with Gasteiger partial charge < -0.3 is 0 Å². The highest BCUT2D eigenvalue weighted by Gasteiger charge is 2.20. The van der Waals surface area contributed by atoms with Crippen molar-refractivity contribution in [3.63, 3.8) is 0 Å². The van der Waals surface area contributed by atoms with E-state index in [-0.39, 0.29) is 5.54 Å². The number of aromatic amines is 2. The Labute approximate surface area is 92.5 Å². The van der Waals surface area contributed by atoms with Crippen LogP contribution in [0.25, 0.3) is 11.4 Å². The van der Waals surface area contributed by atoms with E-state index in [1.165, 1.54) is 0 Å². The van der Waals surface area contributed by atoms with Gasteiger partial charge in [0.05, 0.1) is 11.8 Å². The summed E-state index contributed by atoms with van der Waals surface area (Å²) in [4.78, 5) is 0. The minimum atomic E-state index is -0.101. The SMILES string of the molecule is CC(C)(C)n1c(-c2cn[nH]c2)n[nH]c1=S. The van der Waals surface area contributed by atoms with Gasteiger partial charge in [-0.05, 0) is 33.0 Å². The predicted molar refractivity (Wildman–Crippen MR) is 60.0 cm³/mol. The summed E-state index contributed by atoms with van der Waals surface area (Å²) in [6, 6.07) is 0. The van der Waals surface area contributed by atoms with Crippen molar-refractivity contribution < 1.29 is 0 Å². The van der Waals surface area contributed by atoms with E-state index in [9.17, 15) is 0 Å². The molecule has 0 radical (unpaired) electrons. The van der Waals surface area contributed by atoms with E-state index < -0.39 is 0 Å². The third-order valence-corrected chi connectivity index (χ3v) is 2.37. The van der Waals surface area contributed by atoms with Crippen LogP contribution in [0.5, 0.6) is 0 Å². The number of rotatable bonds is 1. The highest BCUT2D eigenvalue weighted by molar-refractivity contribution is 7.71. The van der Waals surface area contributed by atoms with Gasteiger partial charge in [-0.15, -0.1) is 0 Å². The van der Waals surface area contributed by atoms with Crippen LogP contribution in [0.4, 0.5) is 0 Å². The molecule has 2 aromatic rings.